The Morgan fingerprint density at radius 2 is 2.03 bits per heavy atom. The van der Waals surface area contributed by atoms with E-state index < -0.39 is 23.6 Å². The second kappa shape index (κ2) is 10.0. The normalized spacial score (nSPS) is 16.0. The average Bonchev–Trinajstić information content (AvgIpc) is 2.99. The van der Waals surface area contributed by atoms with E-state index >= 15 is 0 Å². The third-order valence-corrected chi connectivity index (χ3v) is 6.02. The van der Waals surface area contributed by atoms with Gasteiger partial charge in [0.2, 0.25) is 0 Å². The molecule has 10 heteroatoms. The van der Waals surface area contributed by atoms with Gasteiger partial charge in [-0.1, -0.05) is 18.2 Å². The molecule has 0 aliphatic carbocycles. The van der Waals surface area contributed by atoms with Gasteiger partial charge in [0, 0.05) is 18.3 Å². The maximum atomic E-state index is 14.1. The van der Waals surface area contributed by atoms with Gasteiger partial charge in [-0.3, -0.25) is 9.88 Å². The van der Waals surface area contributed by atoms with E-state index in [4.69, 9.17) is 0 Å². The number of nitrogens with one attached hydrogen (secondary N) is 1. The molecule has 1 atom stereocenters. The molecule has 2 amide bonds. The predicted octanol–water partition coefficient (Wildman–Crippen LogP) is 6.22. The maximum Gasteiger partial charge on any atom is 0.416 e. The standard InChI is InChI=1S/C24H22F4N4OS/c25-19-14-29-9-6-21(19)31-23(33)32-10-7-15(8-11-34)12-17-4-5-20(30-22(17)32)16-2-1-3-18(13-16)24(26,27)28/h1-6,9,13-15,34H,7-8,10-12H2,(H,29,31,33). The van der Waals surface area contributed by atoms with Crippen LogP contribution in [0, 0.1) is 11.7 Å². The van der Waals surface area contributed by atoms with Crippen molar-refractivity contribution in [1.29, 1.82) is 0 Å². The molecular weight excluding hydrogens is 468 g/mol. The van der Waals surface area contributed by atoms with Crippen molar-refractivity contribution in [3.63, 3.8) is 0 Å². The summed E-state index contributed by atoms with van der Waals surface area (Å²) in [5.74, 6) is 0.616. The zero-order chi connectivity index (χ0) is 24.3. The van der Waals surface area contributed by atoms with Crippen molar-refractivity contribution in [2.45, 2.75) is 25.4 Å². The number of pyridine rings is 2. The van der Waals surface area contributed by atoms with E-state index in [1.54, 1.807) is 18.2 Å². The third-order valence-electron chi connectivity index (χ3n) is 5.76. The van der Waals surface area contributed by atoms with Gasteiger partial charge in [-0.2, -0.15) is 25.8 Å². The fourth-order valence-electron chi connectivity index (χ4n) is 4.00. The molecule has 0 saturated heterocycles. The molecule has 1 unspecified atom stereocenters. The number of aromatic nitrogens is 2. The summed E-state index contributed by atoms with van der Waals surface area (Å²) < 4.78 is 53.7. The number of fused-ring (bicyclic) bond motifs is 1. The quantitative estimate of drug-likeness (QED) is 0.337. The number of carbonyl (C=O) groups excluding carboxylic acids is 1. The van der Waals surface area contributed by atoms with Crippen LogP contribution in [0.3, 0.4) is 0 Å². The predicted molar refractivity (Wildman–Crippen MR) is 126 cm³/mol. The lowest BCUT2D eigenvalue weighted by atomic mass is 9.95. The van der Waals surface area contributed by atoms with Crippen LogP contribution in [-0.2, 0) is 12.6 Å². The van der Waals surface area contributed by atoms with Gasteiger partial charge >= 0.3 is 12.2 Å². The van der Waals surface area contributed by atoms with Crippen molar-refractivity contribution < 1.29 is 22.4 Å². The molecule has 0 fully saturated rings. The molecule has 2 aromatic heterocycles. The molecule has 0 radical (unpaired) electrons. The minimum atomic E-state index is -4.48. The van der Waals surface area contributed by atoms with Crippen LogP contribution in [0.4, 0.5) is 33.9 Å². The van der Waals surface area contributed by atoms with Crippen molar-refractivity contribution >= 4 is 30.2 Å². The number of anilines is 2. The summed E-state index contributed by atoms with van der Waals surface area (Å²) in [5.41, 5.74) is 0.593. The van der Waals surface area contributed by atoms with Crippen LogP contribution in [0.5, 0.6) is 0 Å². The molecule has 1 N–H and O–H groups in total. The number of hydrogen-bond acceptors (Lipinski definition) is 4. The van der Waals surface area contributed by atoms with Crippen LogP contribution in [-0.4, -0.2) is 28.3 Å². The van der Waals surface area contributed by atoms with Crippen molar-refractivity contribution in [1.82, 2.24) is 9.97 Å². The number of rotatable bonds is 4. The van der Waals surface area contributed by atoms with Gasteiger partial charge in [-0.25, -0.2) is 14.2 Å². The van der Waals surface area contributed by atoms with Crippen LogP contribution >= 0.6 is 12.6 Å². The Balaban J connectivity index is 1.72. The van der Waals surface area contributed by atoms with Crippen molar-refractivity contribution in [2.24, 2.45) is 5.92 Å². The first-order valence-corrected chi connectivity index (χ1v) is 11.4. The highest BCUT2D eigenvalue weighted by molar-refractivity contribution is 7.80. The fraction of sp³-hybridized carbons (Fsp3) is 0.292. The van der Waals surface area contributed by atoms with Gasteiger partial charge in [0.25, 0.3) is 0 Å². The van der Waals surface area contributed by atoms with Gasteiger partial charge in [0.05, 0.1) is 23.1 Å². The second-order valence-corrected chi connectivity index (χ2v) is 8.51. The van der Waals surface area contributed by atoms with E-state index in [2.05, 4.69) is 27.9 Å². The highest BCUT2D eigenvalue weighted by Gasteiger charge is 2.31. The molecule has 4 rings (SSSR count). The second-order valence-electron chi connectivity index (χ2n) is 8.07. The lowest BCUT2D eigenvalue weighted by Gasteiger charge is -2.23. The summed E-state index contributed by atoms with van der Waals surface area (Å²) >= 11 is 4.33. The summed E-state index contributed by atoms with van der Waals surface area (Å²) in [4.78, 5) is 22.9. The van der Waals surface area contributed by atoms with Gasteiger partial charge in [-0.05, 0) is 60.8 Å². The summed E-state index contributed by atoms with van der Waals surface area (Å²) in [7, 11) is 0. The number of amides is 2. The number of urea groups is 1. The first-order valence-electron chi connectivity index (χ1n) is 10.7. The van der Waals surface area contributed by atoms with Crippen LogP contribution in [0.25, 0.3) is 11.3 Å². The number of alkyl halides is 3. The number of benzene rings is 1. The largest absolute Gasteiger partial charge is 0.416 e. The van der Waals surface area contributed by atoms with E-state index in [1.165, 1.54) is 23.2 Å². The Hall–Kier alpha value is -3.14. The lowest BCUT2D eigenvalue weighted by Crippen LogP contribution is -2.37. The average molecular weight is 491 g/mol. The molecule has 3 heterocycles. The van der Waals surface area contributed by atoms with E-state index in [9.17, 15) is 22.4 Å². The minimum Gasteiger partial charge on any atom is -0.305 e. The van der Waals surface area contributed by atoms with E-state index in [0.29, 0.717) is 36.7 Å². The first-order chi connectivity index (χ1) is 16.3. The van der Waals surface area contributed by atoms with Crippen LogP contribution in [0.15, 0.2) is 54.9 Å². The smallest absolute Gasteiger partial charge is 0.305 e. The highest BCUT2D eigenvalue weighted by atomic mass is 32.1. The molecule has 34 heavy (non-hydrogen) atoms. The number of hydrogen-bond donors (Lipinski definition) is 2. The summed E-state index contributed by atoms with van der Waals surface area (Å²) in [5, 5.41) is 2.55. The third kappa shape index (κ3) is 5.32. The maximum absolute atomic E-state index is 14.1. The Morgan fingerprint density at radius 1 is 1.21 bits per heavy atom. The fourth-order valence-corrected chi connectivity index (χ4v) is 4.37. The Labute approximate surface area is 199 Å². The zero-order valence-electron chi connectivity index (χ0n) is 18.0. The highest BCUT2D eigenvalue weighted by Crippen LogP contribution is 2.35. The minimum absolute atomic E-state index is 0.0215. The number of thiol groups is 1. The number of carbonyl (C=O) groups is 1. The topological polar surface area (TPSA) is 58.1 Å². The molecule has 1 aromatic carbocycles. The van der Waals surface area contributed by atoms with Crippen LogP contribution < -0.4 is 10.2 Å². The molecule has 3 aromatic rings. The van der Waals surface area contributed by atoms with Gasteiger partial charge < -0.3 is 5.32 Å². The molecule has 0 bridgehead atoms. The number of halogens is 4. The van der Waals surface area contributed by atoms with Crippen LogP contribution in [0.2, 0.25) is 0 Å². The van der Waals surface area contributed by atoms with Gasteiger partial charge in [-0.15, -0.1) is 0 Å². The monoisotopic (exact) mass is 490 g/mol. The van der Waals surface area contributed by atoms with Crippen molar-refractivity contribution in [3.05, 3.63) is 71.8 Å². The van der Waals surface area contributed by atoms with Gasteiger partial charge in [0.1, 0.15) is 5.82 Å². The molecule has 178 valence electrons. The summed E-state index contributed by atoms with van der Waals surface area (Å²) in [6.45, 7) is 0.322. The summed E-state index contributed by atoms with van der Waals surface area (Å²) in [6.07, 6.45) is 0.0520. The van der Waals surface area contributed by atoms with Crippen LogP contribution in [0.1, 0.15) is 24.0 Å². The van der Waals surface area contributed by atoms with E-state index in [-0.39, 0.29) is 17.2 Å². The van der Waals surface area contributed by atoms with E-state index in [1.807, 2.05) is 0 Å². The Bertz CT molecular complexity index is 1190. The molecule has 0 spiro atoms. The number of nitrogens with zero attached hydrogens (tertiary/aromatic N) is 3. The molecular formula is C24H22F4N4OS. The molecule has 1 aliphatic heterocycles. The Morgan fingerprint density at radius 3 is 2.76 bits per heavy atom. The molecule has 0 saturated carbocycles. The summed E-state index contributed by atoms with van der Waals surface area (Å²) in [6, 6.07) is 9.13. The molecule has 5 nitrogen and oxygen atoms in total. The van der Waals surface area contributed by atoms with Gasteiger partial charge in [0.15, 0.2) is 5.82 Å². The molecule has 1 aliphatic rings. The van der Waals surface area contributed by atoms with Crippen molar-refractivity contribution in [2.75, 3.05) is 22.5 Å². The SMILES string of the molecule is O=C(Nc1ccncc1F)N1CCC(CCS)Cc2ccc(-c3cccc(C(F)(F)F)c3)nc21. The first kappa shape index (κ1) is 24.0. The Kier molecular flexibility index (Phi) is 7.06. The lowest BCUT2D eigenvalue weighted by molar-refractivity contribution is -0.137. The zero-order valence-corrected chi connectivity index (χ0v) is 18.9. The van der Waals surface area contributed by atoms with E-state index in [0.717, 1.165) is 30.3 Å². The van der Waals surface area contributed by atoms with Crippen molar-refractivity contribution in [3.8, 4) is 11.3 Å².